The summed E-state index contributed by atoms with van der Waals surface area (Å²) in [5.41, 5.74) is 1.10. The van der Waals surface area contributed by atoms with Gasteiger partial charge in [-0.2, -0.15) is 0 Å². The van der Waals surface area contributed by atoms with Crippen molar-refractivity contribution < 1.29 is 4.84 Å². The van der Waals surface area contributed by atoms with Gasteiger partial charge in [0.25, 0.3) is 0 Å². The van der Waals surface area contributed by atoms with Crippen molar-refractivity contribution in [2.45, 2.75) is 19.8 Å². The lowest BCUT2D eigenvalue weighted by molar-refractivity contribution is 0.119. The standard InChI is InChI=1S/C11H17NO/c1-3-4-10-13-12(2)11-8-6-5-7-9-11/h5-9H,3-4,10H2,1-2H3. The summed E-state index contributed by atoms with van der Waals surface area (Å²) in [6.07, 6.45) is 2.28. The van der Waals surface area contributed by atoms with Crippen LogP contribution in [0.2, 0.25) is 0 Å². The van der Waals surface area contributed by atoms with E-state index in [2.05, 4.69) is 6.92 Å². The fraction of sp³-hybridized carbons (Fsp3) is 0.455. The Labute approximate surface area is 80.1 Å². The highest BCUT2D eigenvalue weighted by Crippen LogP contribution is 2.11. The van der Waals surface area contributed by atoms with Crippen LogP contribution >= 0.6 is 0 Å². The van der Waals surface area contributed by atoms with Gasteiger partial charge in [0, 0.05) is 7.05 Å². The van der Waals surface area contributed by atoms with Gasteiger partial charge in [0.05, 0.1) is 12.3 Å². The number of para-hydroxylation sites is 1. The van der Waals surface area contributed by atoms with Crippen LogP contribution < -0.4 is 5.06 Å². The zero-order valence-electron chi connectivity index (χ0n) is 8.36. The van der Waals surface area contributed by atoms with Gasteiger partial charge in [-0.05, 0) is 18.6 Å². The van der Waals surface area contributed by atoms with E-state index in [1.807, 2.05) is 42.4 Å². The fourth-order valence-corrected chi connectivity index (χ4v) is 1.06. The van der Waals surface area contributed by atoms with Crippen LogP contribution in [0.4, 0.5) is 5.69 Å². The van der Waals surface area contributed by atoms with Gasteiger partial charge in [0.2, 0.25) is 0 Å². The van der Waals surface area contributed by atoms with E-state index in [9.17, 15) is 0 Å². The van der Waals surface area contributed by atoms with Gasteiger partial charge >= 0.3 is 0 Å². The summed E-state index contributed by atoms with van der Waals surface area (Å²) in [5, 5.41) is 1.82. The molecule has 0 aliphatic heterocycles. The maximum atomic E-state index is 5.50. The third kappa shape index (κ3) is 3.47. The maximum absolute atomic E-state index is 5.50. The highest BCUT2D eigenvalue weighted by molar-refractivity contribution is 5.42. The molecule has 0 radical (unpaired) electrons. The molecule has 0 atom stereocenters. The number of hydrogen-bond acceptors (Lipinski definition) is 2. The van der Waals surface area contributed by atoms with E-state index in [1.165, 1.54) is 6.42 Å². The third-order valence-electron chi connectivity index (χ3n) is 1.90. The summed E-state index contributed by atoms with van der Waals surface area (Å²) in [6, 6.07) is 10.1. The molecule has 0 aliphatic carbocycles. The van der Waals surface area contributed by atoms with Gasteiger partial charge < -0.3 is 0 Å². The lowest BCUT2D eigenvalue weighted by Gasteiger charge is -2.18. The summed E-state index contributed by atoms with van der Waals surface area (Å²) < 4.78 is 0. The van der Waals surface area contributed by atoms with Crippen molar-refractivity contribution >= 4 is 5.69 Å². The SMILES string of the molecule is CCCCON(C)c1ccccc1. The molecule has 2 heteroatoms. The molecule has 1 aromatic carbocycles. The Hall–Kier alpha value is -1.02. The summed E-state index contributed by atoms with van der Waals surface area (Å²) in [7, 11) is 1.94. The fourth-order valence-electron chi connectivity index (χ4n) is 1.06. The van der Waals surface area contributed by atoms with Crippen molar-refractivity contribution in [2.24, 2.45) is 0 Å². The normalized spacial score (nSPS) is 10.0. The topological polar surface area (TPSA) is 12.5 Å². The molecule has 2 nitrogen and oxygen atoms in total. The molecule has 0 saturated carbocycles. The second-order valence-electron chi connectivity index (χ2n) is 3.02. The molecule has 0 unspecified atom stereocenters. The van der Waals surface area contributed by atoms with Crippen molar-refractivity contribution in [3.63, 3.8) is 0 Å². The summed E-state index contributed by atoms with van der Waals surface area (Å²) in [5.74, 6) is 0. The molecule has 1 rings (SSSR count). The minimum Gasteiger partial charge on any atom is -0.274 e. The van der Waals surface area contributed by atoms with Crippen LogP contribution in [0.1, 0.15) is 19.8 Å². The van der Waals surface area contributed by atoms with E-state index in [4.69, 9.17) is 4.84 Å². The Kier molecular flexibility index (Phi) is 4.33. The van der Waals surface area contributed by atoms with E-state index < -0.39 is 0 Å². The molecule has 1 aromatic rings. The Bertz CT molecular complexity index is 223. The van der Waals surface area contributed by atoms with Gasteiger partial charge in [-0.15, -0.1) is 0 Å². The molecule has 0 N–H and O–H groups in total. The largest absolute Gasteiger partial charge is 0.274 e. The first-order chi connectivity index (χ1) is 6.34. The van der Waals surface area contributed by atoms with Crippen LogP contribution in [0.3, 0.4) is 0 Å². The molecule has 72 valence electrons. The second kappa shape index (κ2) is 5.60. The Morgan fingerprint density at radius 2 is 1.92 bits per heavy atom. The van der Waals surface area contributed by atoms with Crippen LogP contribution in [-0.2, 0) is 4.84 Å². The number of rotatable bonds is 5. The van der Waals surface area contributed by atoms with E-state index in [1.54, 1.807) is 0 Å². The van der Waals surface area contributed by atoms with E-state index in [-0.39, 0.29) is 0 Å². The highest BCUT2D eigenvalue weighted by Gasteiger charge is 1.97. The summed E-state index contributed by atoms with van der Waals surface area (Å²) in [4.78, 5) is 5.50. The van der Waals surface area contributed by atoms with Crippen LogP contribution in [0.15, 0.2) is 30.3 Å². The molecule has 0 heterocycles. The smallest absolute Gasteiger partial charge is 0.0748 e. The quantitative estimate of drug-likeness (QED) is 0.509. The molecular formula is C11H17NO. The van der Waals surface area contributed by atoms with Crippen LogP contribution in [0.25, 0.3) is 0 Å². The lowest BCUT2D eigenvalue weighted by atomic mass is 10.3. The number of anilines is 1. The predicted molar refractivity (Wildman–Crippen MR) is 55.7 cm³/mol. The second-order valence-corrected chi connectivity index (χ2v) is 3.02. The molecule has 0 aliphatic rings. The predicted octanol–water partition coefficient (Wildman–Crippen LogP) is 2.85. The first-order valence-corrected chi connectivity index (χ1v) is 4.76. The maximum Gasteiger partial charge on any atom is 0.0748 e. The summed E-state index contributed by atoms with van der Waals surface area (Å²) in [6.45, 7) is 2.95. The number of unbranched alkanes of at least 4 members (excludes halogenated alkanes) is 1. The first-order valence-electron chi connectivity index (χ1n) is 4.76. The number of benzene rings is 1. The average molecular weight is 179 g/mol. The van der Waals surface area contributed by atoms with Gasteiger partial charge in [-0.3, -0.25) is 9.90 Å². The number of nitrogens with zero attached hydrogens (tertiary/aromatic N) is 1. The van der Waals surface area contributed by atoms with E-state index in [0.29, 0.717) is 0 Å². The van der Waals surface area contributed by atoms with Crippen LogP contribution in [0, 0.1) is 0 Å². The molecule has 0 fully saturated rings. The molecule has 13 heavy (non-hydrogen) atoms. The van der Waals surface area contributed by atoms with E-state index >= 15 is 0 Å². The lowest BCUT2D eigenvalue weighted by Crippen LogP contribution is -2.18. The van der Waals surface area contributed by atoms with Crippen molar-refractivity contribution in [3.05, 3.63) is 30.3 Å². The van der Waals surface area contributed by atoms with Gasteiger partial charge in [-0.25, -0.2) is 0 Å². The van der Waals surface area contributed by atoms with Crippen LogP contribution in [-0.4, -0.2) is 13.7 Å². The Balaban J connectivity index is 2.35. The molecule has 0 amide bonds. The minimum atomic E-state index is 0.794. The van der Waals surface area contributed by atoms with Crippen molar-refractivity contribution in [1.29, 1.82) is 0 Å². The number of hydrogen-bond donors (Lipinski definition) is 0. The highest BCUT2D eigenvalue weighted by atomic mass is 16.7. The monoisotopic (exact) mass is 179 g/mol. The van der Waals surface area contributed by atoms with Gasteiger partial charge in [0.15, 0.2) is 0 Å². The van der Waals surface area contributed by atoms with Crippen molar-refractivity contribution in [1.82, 2.24) is 0 Å². The Morgan fingerprint density at radius 1 is 1.23 bits per heavy atom. The van der Waals surface area contributed by atoms with Crippen molar-refractivity contribution in [3.8, 4) is 0 Å². The van der Waals surface area contributed by atoms with E-state index in [0.717, 1.165) is 18.7 Å². The zero-order valence-corrected chi connectivity index (χ0v) is 8.36. The molecule has 0 aromatic heterocycles. The molecule has 0 saturated heterocycles. The number of hydroxylamine groups is 1. The zero-order chi connectivity index (χ0) is 9.52. The third-order valence-corrected chi connectivity index (χ3v) is 1.90. The summed E-state index contributed by atoms with van der Waals surface area (Å²) >= 11 is 0. The average Bonchev–Trinajstić information content (AvgIpc) is 2.19. The minimum absolute atomic E-state index is 0.794. The molecule has 0 bridgehead atoms. The van der Waals surface area contributed by atoms with Crippen LogP contribution in [0.5, 0.6) is 0 Å². The Morgan fingerprint density at radius 3 is 2.54 bits per heavy atom. The molecule has 0 spiro atoms. The van der Waals surface area contributed by atoms with Crippen molar-refractivity contribution in [2.75, 3.05) is 18.7 Å². The van der Waals surface area contributed by atoms with Gasteiger partial charge in [0.1, 0.15) is 0 Å². The first kappa shape index (κ1) is 10.1. The van der Waals surface area contributed by atoms with Gasteiger partial charge in [-0.1, -0.05) is 31.5 Å². The molecular weight excluding hydrogens is 162 g/mol.